The van der Waals surface area contributed by atoms with Gasteiger partial charge in [-0.3, -0.25) is 4.79 Å². The fraction of sp³-hybridized carbons (Fsp3) is 0.393. The average Bonchev–Trinajstić information content (AvgIpc) is 3.44. The number of benzene rings is 2. The van der Waals surface area contributed by atoms with Crippen molar-refractivity contribution >= 4 is 18.0 Å². The van der Waals surface area contributed by atoms with Crippen molar-refractivity contribution in [3.63, 3.8) is 0 Å². The number of hydrogen-bond acceptors (Lipinski definition) is 4. The third kappa shape index (κ3) is 4.94. The molecule has 182 valence electrons. The number of nitrogens with one attached hydrogen (secondary N) is 1. The molecule has 1 saturated carbocycles. The van der Waals surface area contributed by atoms with E-state index in [0.717, 1.165) is 19.3 Å². The predicted octanol–water partition coefficient (Wildman–Crippen LogP) is 4.33. The minimum absolute atomic E-state index is 0.00307. The van der Waals surface area contributed by atoms with Crippen LogP contribution in [0.1, 0.15) is 49.1 Å². The van der Waals surface area contributed by atoms with Gasteiger partial charge in [0, 0.05) is 37.0 Å². The molecule has 2 aromatic rings. The van der Waals surface area contributed by atoms with Gasteiger partial charge in [0.2, 0.25) is 5.91 Å². The van der Waals surface area contributed by atoms with Crippen LogP contribution in [0.2, 0.25) is 0 Å². The summed E-state index contributed by atoms with van der Waals surface area (Å²) in [4.78, 5) is 38.0. The Kier molecular flexibility index (Phi) is 6.57. The monoisotopic (exact) mass is 474 g/mol. The molecule has 3 aliphatic rings. The van der Waals surface area contributed by atoms with Crippen LogP contribution in [0.15, 0.2) is 60.2 Å². The Morgan fingerprint density at radius 2 is 1.69 bits per heavy atom. The number of hydrogen-bond donors (Lipinski definition) is 2. The SMILES string of the molecule is O=C(N[C@@H]1CC[C@H](CC(=O)N2CC=C(C(=O)O)CC2)C1)OCC1c2ccccc2-c2ccccc21. The average molecular weight is 475 g/mol. The van der Waals surface area contributed by atoms with Crippen LogP contribution in [0.3, 0.4) is 0 Å². The zero-order valence-corrected chi connectivity index (χ0v) is 19.6. The first-order valence-corrected chi connectivity index (χ1v) is 12.3. The number of ether oxygens (including phenoxy) is 1. The molecule has 0 radical (unpaired) electrons. The Morgan fingerprint density at radius 1 is 1.00 bits per heavy atom. The lowest BCUT2D eigenvalue weighted by Crippen LogP contribution is -2.37. The zero-order chi connectivity index (χ0) is 24.4. The summed E-state index contributed by atoms with van der Waals surface area (Å²) < 4.78 is 5.66. The maximum atomic E-state index is 12.6. The van der Waals surface area contributed by atoms with Gasteiger partial charge in [-0.25, -0.2) is 9.59 Å². The summed E-state index contributed by atoms with van der Waals surface area (Å²) in [6.45, 7) is 1.09. The summed E-state index contributed by atoms with van der Waals surface area (Å²) in [5.74, 6) is -0.610. The van der Waals surface area contributed by atoms with Gasteiger partial charge in [-0.2, -0.15) is 0 Å². The Balaban J connectivity index is 1.09. The molecule has 7 nitrogen and oxygen atoms in total. The van der Waals surface area contributed by atoms with Crippen LogP contribution in [0, 0.1) is 5.92 Å². The molecule has 35 heavy (non-hydrogen) atoms. The van der Waals surface area contributed by atoms with Crippen LogP contribution in [-0.2, 0) is 14.3 Å². The van der Waals surface area contributed by atoms with E-state index in [-0.39, 0.29) is 30.4 Å². The highest BCUT2D eigenvalue weighted by molar-refractivity contribution is 5.87. The Hall–Kier alpha value is -3.61. The van der Waals surface area contributed by atoms with Gasteiger partial charge in [0.05, 0.1) is 0 Å². The molecule has 2 amide bonds. The quantitative estimate of drug-likeness (QED) is 0.650. The largest absolute Gasteiger partial charge is 0.478 e. The predicted molar refractivity (Wildman–Crippen MR) is 131 cm³/mol. The van der Waals surface area contributed by atoms with Crippen molar-refractivity contribution in [2.45, 2.75) is 44.1 Å². The fourth-order valence-corrected chi connectivity index (χ4v) is 5.66. The Labute approximate surface area is 204 Å². The first kappa shape index (κ1) is 23.1. The number of carbonyl (C=O) groups excluding carboxylic acids is 2. The summed E-state index contributed by atoms with van der Waals surface area (Å²) >= 11 is 0. The first-order valence-electron chi connectivity index (χ1n) is 12.3. The molecule has 0 spiro atoms. The molecule has 0 saturated heterocycles. The molecular weight excluding hydrogens is 444 g/mol. The number of amides is 2. The van der Waals surface area contributed by atoms with Crippen molar-refractivity contribution in [2.24, 2.45) is 5.92 Å². The second-order valence-electron chi connectivity index (χ2n) is 9.67. The van der Waals surface area contributed by atoms with Crippen molar-refractivity contribution < 1.29 is 24.2 Å². The Morgan fingerprint density at radius 3 is 2.31 bits per heavy atom. The van der Waals surface area contributed by atoms with E-state index < -0.39 is 12.1 Å². The number of carboxylic acid groups (broad SMARTS) is 1. The maximum Gasteiger partial charge on any atom is 0.407 e. The number of rotatable bonds is 6. The Bertz CT molecular complexity index is 1130. The van der Waals surface area contributed by atoms with E-state index in [1.807, 2.05) is 24.3 Å². The standard InChI is InChI=1S/C28H30N2O5/c31-26(30-13-11-19(12-14-30)27(32)33)16-18-9-10-20(15-18)29-28(34)35-17-25-23-7-3-1-5-21(23)22-6-2-4-8-24(22)25/h1-8,11,18,20,25H,9-10,12-17H2,(H,29,34)(H,32,33)/t18-,20+/m0/s1. The van der Waals surface area contributed by atoms with E-state index in [1.165, 1.54) is 22.3 Å². The first-order chi connectivity index (χ1) is 17.0. The lowest BCUT2D eigenvalue weighted by Gasteiger charge is -2.26. The van der Waals surface area contributed by atoms with Gasteiger partial charge >= 0.3 is 12.1 Å². The lowest BCUT2D eigenvalue weighted by atomic mass is 9.98. The molecule has 7 heteroatoms. The third-order valence-corrected chi connectivity index (χ3v) is 7.51. The smallest absolute Gasteiger partial charge is 0.407 e. The van der Waals surface area contributed by atoms with Crippen molar-refractivity contribution in [2.75, 3.05) is 19.7 Å². The molecular formula is C28H30N2O5. The minimum Gasteiger partial charge on any atom is -0.478 e. The molecule has 0 aromatic heterocycles. The molecule has 1 aliphatic heterocycles. The number of alkyl carbamates (subject to hydrolysis) is 1. The van der Waals surface area contributed by atoms with E-state index in [1.54, 1.807) is 11.0 Å². The van der Waals surface area contributed by atoms with E-state index in [0.29, 0.717) is 31.5 Å². The number of fused-ring (bicyclic) bond motifs is 3. The zero-order valence-electron chi connectivity index (χ0n) is 19.6. The molecule has 1 fully saturated rings. The second-order valence-corrected chi connectivity index (χ2v) is 9.67. The second kappa shape index (κ2) is 9.94. The molecule has 5 rings (SSSR count). The minimum atomic E-state index is -0.907. The molecule has 0 unspecified atom stereocenters. The lowest BCUT2D eigenvalue weighted by molar-refractivity contribution is -0.135. The van der Waals surface area contributed by atoms with Gasteiger partial charge in [0.15, 0.2) is 0 Å². The van der Waals surface area contributed by atoms with Crippen molar-refractivity contribution in [3.8, 4) is 11.1 Å². The number of carbonyl (C=O) groups is 3. The van der Waals surface area contributed by atoms with Crippen molar-refractivity contribution in [3.05, 3.63) is 71.3 Å². The highest BCUT2D eigenvalue weighted by atomic mass is 16.5. The van der Waals surface area contributed by atoms with Gasteiger partial charge in [-0.1, -0.05) is 54.6 Å². The normalized spacial score (nSPS) is 21.1. The topological polar surface area (TPSA) is 95.9 Å². The summed E-state index contributed by atoms with van der Waals surface area (Å²) in [7, 11) is 0. The number of aliphatic carboxylic acids is 1. The van der Waals surface area contributed by atoms with Crippen LogP contribution in [0.5, 0.6) is 0 Å². The summed E-state index contributed by atoms with van der Waals surface area (Å²) in [5.41, 5.74) is 5.14. The van der Waals surface area contributed by atoms with E-state index in [9.17, 15) is 14.4 Å². The van der Waals surface area contributed by atoms with Crippen molar-refractivity contribution in [1.82, 2.24) is 10.2 Å². The van der Waals surface area contributed by atoms with Crippen LogP contribution >= 0.6 is 0 Å². The van der Waals surface area contributed by atoms with Crippen LogP contribution in [0.25, 0.3) is 11.1 Å². The molecule has 0 bridgehead atoms. The molecule has 2 N–H and O–H groups in total. The van der Waals surface area contributed by atoms with Gasteiger partial charge in [0.25, 0.3) is 0 Å². The number of nitrogens with zero attached hydrogens (tertiary/aromatic N) is 1. The van der Waals surface area contributed by atoms with Crippen LogP contribution < -0.4 is 5.32 Å². The van der Waals surface area contributed by atoms with Gasteiger partial charge in [-0.15, -0.1) is 0 Å². The van der Waals surface area contributed by atoms with Gasteiger partial charge < -0.3 is 20.1 Å². The van der Waals surface area contributed by atoms with Crippen LogP contribution in [0.4, 0.5) is 4.79 Å². The third-order valence-electron chi connectivity index (χ3n) is 7.51. The van der Waals surface area contributed by atoms with E-state index in [2.05, 4.69) is 29.6 Å². The molecule has 2 atom stereocenters. The van der Waals surface area contributed by atoms with E-state index >= 15 is 0 Å². The van der Waals surface area contributed by atoms with Gasteiger partial charge in [-0.05, 0) is 53.9 Å². The maximum absolute atomic E-state index is 12.6. The van der Waals surface area contributed by atoms with E-state index in [4.69, 9.17) is 9.84 Å². The summed E-state index contributed by atoms with van der Waals surface area (Å²) in [6.07, 6.45) is 4.48. The van der Waals surface area contributed by atoms with Gasteiger partial charge in [0.1, 0.15) is 6.61 Å². The number of carboxylic acids is 1. The highest BCUT2D eigenvalue weighted by Crippen LogP contribution is 2.44. The molecule has 2 aliphatic carbocycles. The summed E-state index contributed by atoms with van der Waals surface area (Å²) in [5, 5.41) is 12.1. The summed E-state index contributed by atoms with van der Waals surface area (Å²) in [6, 6.07) is 16.5. The van der Waals surface area contributed by atoms with Crippen LogP contribution in [-0.4, -0.2) is 53.7 Å². The van der Waals surface area contributed by atoms with Crippen molar-refractivity contribution in [1.29, 1.82) is 0 Å². The fourth-order valence-electron chi connectivity index (χ4n) is 5.66. The highest BCUT2D eigenvalue weighted by Gasteiger charge is 2.32. The molecule has 1 heterocycles. The molecule has 2 aromatic carbocycles.